The Bertz CT molecular complexity index is 374. The molecular weight excluding hydrogens is 344 g/mol. The molecule has 1 rings (SSSR count). The third kappa shape index (κ3) is 12.2. The summed E-state index contributed by atoms with van der Waals surface area (Å²) in [7, 11) is 1.81. The Kier molecular flexibility index (Phi) is 14.4. The van der Waals surface area contributed by atoms with Gasteiger partial charge in [0.2, 0.25) is 0 Å². The smallest absolute Gasteiger partial charge is 0.191 e. The minimum atomic E-state index is 0.504. The van der Waals surface area contributed by atoms with Gasteiger partial charge in [0.15, 0.2) is 5.96 Å². The van der Waals surface area contributed by atoms with Gasteiger partial charge in [0.05, 0.1) is 33.0 Å². The predicted molar refractivity (Wildman–Crippen MR) is 112 cm³/mol. The third-order valence-corrected chi connectivity index (χ3v) is 4.59. The van der Waals surface area contributed by atoms with E-state index in [0.717, 1.165) is 58.4 Å². The van der Waals surface area contributed by atoms with E-state index >= 15 is 0 Å². The zero-order chi connectivity index (χ0) is 19.7. The molecular formula is C20H42N4O3. The quantitative estimate of drug-likeness (QED) is 0.269. The summed E-state index contributed by atoms with van der Waals surface area (Å²) in [4.78, 5) is 6.86. The number of aliphatic imine (C=N–C) groups is 1. The van der Waals surface area contributed by atoms with Crippen molar-refractivity contribution in [3.05, 3.63) is 0 Å². The number of ether oxygens (including phenoxy) is 3. The fourth-order valence-corrected chi connectivity index (χ4v) is 3.09. The maximum atomic E-state index is 5.59. The molecule has 1 aliphatic rings. The summed E-state index contributed by atoms with van der Waals surface area (Å²) in [6.45, 7) is 14.8. The highest BCUT2D eigenvalue weighted by atomic mass is 16.5. The molecule has 0 saturated carbocycles. The average Bonchev–Trinajstić information content (AvgIpc) is 2.68. The molecule has 1 aliphatic heterocycles. The van der Waals surface area contributed by atoms with Gasteiger partial charge in [-0.1, -0.05) is 27.2 Å². The Morgan fingerprint density at radius 2 is 1.78 bits per heavy atom. The van der Waals surface area contributed by atoms with Crippen molar-refractivity contribution < 1.29 is 14.2 Å². The van der Waals surface area contributed by atoms with Crippen molar-refractivity contribution in [3.63, 3.8) is 0 Å². The van der Waals surface area contributed by atoms with E-state index in [-0.39, 0.29) is 0 Å². The lowest BCUT2D eigenvalue weighted by Crippen LogP contribution is -2.51. The van der Waals surface area contributed by atoms with Gasteiger partial charge in [0.1, 0.15) is 0 Å². The molecule has 1 atom stereocenters. The van der Waals surface area contributed by atoms with E-state index in [2.05, 4.69) is 41.3 Å². The van der Waals surface area contributed by atoms with Crippen molar-refractivity contribution in [2.24, 2.45) is 10.9 Å². The van der Waals surface area contributed by atoms with Gasteiger partial charge in [-0.05, 0) is 18.8 Å². The summed E-state index contributed by atoms with van der Waals surface area (Å²) in [6, 6.07) is 0.504. The molecule has 1 saturated heterocycles. The van der Waals surface area contributed by atoms with Crippen molar-refractivity contribution in [2.45, 2.75) is 46.1 Å². The average molecular weight is 387 g/mol. The standard InChI is InChI=1S/C20H42N4O3/c1-5-6-10-25-14-15-26-11-7-22-20(21-4)23-17-19(16-18(2)3)24-8-12-27-13-9-24/h18-19H,5-17H2,1-4H3,(H2,21,22,23). The summed E-state index contributed by atoms with van der Waals surface area (Å²) >= 11 is 0. The van der Waals surface area contributed by atoms with Crippen molar-refractivity contribution in [2.75, 3.05) is 72.9 Å². The van der Waals surface area contributed by atoms with E-state index in [4.69, 9.17) is 14.2 Å². The number of hydrogen-bond acceptors (Lipinski definition) is 5. The third-order valence-electron chi connectivity index (χ3n) is 4.59. The second-order valence-electron chi connectivity index (χ2n) is 7.39. The van der Waals surface area contributed by atoms with Crippen molar-refractivity contribution in [1.82, 2.24) is 15.5 Å². The van der Waals surface area contributed by atoms with Gasteiger partial charge in [0.25, 0.3) is 0 Å². The molecule has 0 aromatic heterocycles. The molecule has 0 amide bonds. The lowest BCUT2D eigenvalue weighted by Gasteiger charge is -2.35. The van der Waals surface area contributed by atoms with Gasteiger partial charge in [0, 0.05) is 45.9 Å². The van der Waals surface area contributed by atoms with Crippen LogP contribution in [0.5, 0.6) is 0 Å². The molecule has 0 aliphatic carbocycles. The predicted octanol–water partition coefficient (Wildman–Crippen LogP) is 1.73. The summed E-state index contributed by atoms with van der Waals surface area (Å²) in [6.07, 6.45) is 3.46. The highest BCUT2D eigenvalue weighted by Crippen LogP contribution is 2.12. The molecule has 7 nitrogen and oxygen atoms in total. The first kappa shape index (κ1) is 24.1. The molecule has 0 bridgehead atoms. The van der Waals surface area contributed by atoms with Crippen LogP contribution in [0.15, 0.2) is 4.99 Å². The number of nitrogens with one attached hydrogen (secondary N) is 2. The summed E-state index contributed by atoms with van der Waals surface area (Å²) in [5, 5.41) is 6.80. The molecule has 0 aromatic carbocycles. The largest absolute Gasteiger partial charge is 0.379 e. The molecule has 1 fully saturated rings. The lowest BCUT2D eigenvalue weighted by atomic mass is 10.0. The van der Waals surface area contributed by atoms with Gasteiger partial charge in [-0.25, -0.2) is 0 Å². The van der Waals surface area contributed by atoms with E-state index in [9.17, 15) is 0 Å². The first-order chi connectivity index (χ1) is 13.2. The van der Waals surface area contributed by atoms with Crippen molar-refractivity contribution in [1.29, 1.82) is 0 Å². The number of nitrogens with zero attached hydrogens (tertiary/aromatic N) is 2. The molecule has 0 aromatic rings. The Hall–Kier alpha value is -0.890. The van der Waals surface area contributed by atoms with E-state index in [1.54, 1.807) is 0 Å². The molecule has 1 heterocycles. The van der Waals surface area contributed by atoms with Crippen LogP contribution < -0.4 is 10.6 Å². The van der Waals surface area contributed by atoms with E-state index in [1.807, 2.05) is 7.05 Å². The first-order valence-corrected chi connectivity index (χ1v) is 10.6. The van der Waals surface area contributed by atoms with Crippen LogP contribution in [-0.2, 0) is 14.2 Å². The van der Waals surface area contributed by atoms with Crippen LogP contribution in [0.25, 0.3) is 0 Å². The van der Waals surface area contributed by atoms with Gasteiger partial charge < -0.3 is 24.8 Å². The number of guanidine groups is 1. The van der Waals surface area contributed by atoms with Gasteiger partial charge in [-0.2, -0.15) is 0 Å². The lowest BCUT2D eigenvalue weighted by molar-refractivity contribution is 0.0132. The van der Waals surface area contributed by atoms with Crippen LogP contribution in [0.2, 0.25) is 0 Å². The maximum Gasteiger partial charge on any atom is 0.191 e. The van der Waals surface area contributed by atoms with Crippen molar-refractivity contribution in [3.8, 4) is 0 Å². The molecule has 7 heteroatoms. The second kappa shape index (κ2) is 16.1. The number of morpholine rings is 1. The number of hydrogen-bond donors (Lipinski definition) is 2. The van der Waals surface area contributed by atoms with Gasteiger partial charge in [-0.15, -0.1) is 0 Å². The van der Waals surface area contributed by atoms with Crippen molar-refractivity contribution >= 4 is 5.96 Å². The van der Waals surface area contributed by atoms with Crippen LogP contribution >= 0.6 is 0 Å². The minimum absolute atomic E-state index is 0.504. The number of unbranched alkanes of at least 4 members (excludes halogenated alkanes) is 1. The SMILES string of the molecule is CCCCOCCOCCNC(=NC)NCC(CC(C)C)N1CCOCC1. The molecule has 160 valence electrons. The Balaban J connectivity index is 2.18. The minimum Gasteiger partial charge on any atom is -0.379 e. The van der Waals surface area contributed by atoms with E-state index in [0.29, 0.717) is 31.8 Å². The van der Waals surface area contributed by atoms with E-state index in [1.165, 1.54) is 12.8 Å². The topological polar surface area (TPSA) is 67.4 Å². The normalized spacial score (nSPS) is 17.3. The van der Waals surface area contributed by atoms with Crippen LogP contribution in [0.3, 0.4) is 0 Å². The van der Waals surface area contributed by atoms with Crippen LogP contribution in [-0.4, -0.2) is 89.8 Å². The highest BCUT2D eigenvalue weighted by molar-refractivity contribution is 5.79. The van der Waals surface area contributed by atoms with Crippen LogP contribution in [0.1, 0.15) is 40.0 Å². The maximum absolute atomic E-state index is 5.59. The molecule has 1 unspecified atom stereocenters. The summed E-state index contributed by atoms with van der Waals surface area (Å²) in [5.74, 6) is 1.50. The van der Waals surface area contributed by atoms with Gasteiger partial charge in [-0.3, -0.25) is 9.89 Å². The Labute approximate surface area is 166 Å². The van der Waals surface area contributed by atoms with E-state index < -0.39 is 0 Å². The molecule has 0 spiro atoms. The zero-order valence-electron chi connectivity index (χ0n) is 18.0. The number of rotatable bonds is 14. The van der Waals surface area contributed by atoms with Crippen LogP contribution in [0.4, 0.5) is 0 Å². The fourth-order valence-electron chi connectivity index (χ4n) is 3.09. The monoisotopic (exact) mass is 386 g/mol. The summed E-state index contributed by atoms with van der Waals surface area (Å²) < 4.78 is 16.6. The Morgan fingerprint density at radius 1 is 1.07 bits per heavy atom. The molecule has 0 radical (unpaired) electrons. The Morgan fingerprint density at radius 3 is 2.41 bits per heavy atom. The summed E-state index contributed by atoms with van der Waals surface area (Å²) in [5.41, 5.74) is 0. The fraction of sp³-hybridized carbons (Fsp3) is 0.950. The zero-order valence-corrected chi connectivity index (χ0v) is 18.0. The second-order valence-corrected chi connectivity index (χ2v) is 7.39. The van der Waals surface area contributed by atoms with Crippen LogP contribution in [0, 0.1) is 5.92 Å². The highest BCUT2D eigenvalue weighted by Gasteiger charge is 2.22. The van der Waals surface area contributed by atoms with Gasteiger partial charge >= 0.3 is 0 Å². The molecule has 2 N–H and O–H groups in total. The first-order valence-electron chi connectivity index (χ1n) is 10.6. The molecule has 27 heavy (non-hydrogen) atoms.